The zero-order valence-corrected chi connectivity index (χ0v) is 18.5. The van der Waals surface area contributed by atoms with Crippen molar-refractivity contribution in [3.63, 3.8) is 0 Å². The van der Waals surface area contributed by atoms with E-state index in [9.17, 15) is 13.2 Å². The van der Waals surface area contributed by atoms with Gasteiger partial charge in [-0.15, -0.1) is 0 Å². The molecule has 0 saturated carbocycles. The van der Waals surface area contributed by atoms with E-state index in [0.29, 0.717) is 19.5 Å². The Kier molecular flexibility index (Phi) is 6.29. The number of carbonyl (C=O) groups is 1. The van der Waals surface area contributed by atoms with E-state index in [-0.39, 0.29) is 35.2 Å². The molecule has 2 atom stereocenters. The number of sulfonamides is 1. The predicted octanol–water partition coefficient (Wildman–Crippen LogP) is 1.49. The monoisotopic (exact) mass is 444 g/mol. The molecule has 2 aromatic rings. The molecular weight excluding hydrogens is 416 g/mol. The number of benzene rings is 2. The number of hydrazine groups is 1. The van der Waals surface area contributed by atoms with Gasteiger partial charge in [0.15, 0.2) is 0 Å². The minimum atomic E-state index is -3.68. The Hall–Kier alpha value is -2.46. The lowest BCUT2D eigenvalue weighted by Gasteiger charge is -2.30. The standard InChI is InChI=1S/C22H28N4O4S/c1-3-23-31(28,29)21-12-16(8-9-20(21)30-2)18-13-19(25-24-18)22(27)26-11-10-15-6-4-5-7-17(15)14-26/h4-9,12,18-19,23-25H,3,10-11,13-14H2,1-2H3. The van der Waals surface area contributed by atoms with Gasteiger partial charge in [0, 0.05) is 25.7 Å². The summed E-state index contributed by atoms with van der Waals surface area (Å²) >= 11 is 0. The molecule has 2 aromatic carbocycles. The smallest absolute Gasteiger partial charge is 0.244 e. The van der Waals surface area contributed by atoms with Crippen LogP contribution in [-0.2, 0) is 27.8 Å². The second kappa shape index (κ2) is 8.96. The summed E-state index contributed by atoms with van der Waals surface area (Å²) in [7, 11) is -2.23. The summed E-state index contributed by atoms with van der Waals surface area (Å²) in [5.41, 5.74) is 9.53. The molecule has 1 saturated heterocycles. The molecule has 2 aliphatic rings. The minimum absolute atomic E-state index is 0.0542. The van der Waals surface area contributed by atoms with E-state index in [2.05, 4.69) is 27.7 Å². The Balaban J connectivity index is 1.48. The largest absolute Gasteiger partial charge is 0.495 e. The van der Waals surface area contributed by atoms with Crippen molar-refractivity contribution < 1.29 is 17.9 Å². The van der Waals surface area contributed by atoms with Crippen molar-refractivity contribution in [3.05, 3.63) is 59.2 Å². The van der Waals surface area contributed by atoms with Crippen LogP contribution in [-0.4, -0.2) is 45.5 Å². The number of carbonyl (C=O) groups excluding carboxylic acids is 1. The normalized spacial score (nSPS) is 21.0. The van der Waals surface area contributed by atoms with E-state index in [4.69, 9.17) is 4.74 Å². The molecular formula is C22H28N4O4S. The van der Waals surface area contributed by atoms with Crippen molar-refractivity contribution in [3.8, 4) is 5.75 Å². The van der Waals surface area contributed by atoms with Gasteiger partial charge in [-0.2, -0.15) is 0 Å². The van der Waals surface area contributed by atoms with E-state index >= 15 is 0 Å². The van der Waals surface area contributed by atoms with Crippen LogP contribution in [0.15, 0.2) is 47.4 Å². The van der Waals surface area contributed by atoms with Gasteiger partial charge in [0.05, 0.1) is 7.11 Å². The van der Waals surface area contributed by atoms with Gasteiger partial charge < -0.3 is 9.64 Å². The SMILES string of the molecule is CCNS(=O)(=O)c1cc(C2CC(C(=O)N3CCc4ccccc4C3)NN2)ccc1OC. The van der Waals surface area contributed by atoms with Crippen molar-refractivity contribution in [2.75, 3.05) is 20.2 Å². The Morgan fingerprint density at radius 2 is 1.97 bits per heavy atom. The van der Waals surface area contributed by atoms with Crippen LogP contribution in [0.2, 0.25) is 0 Å². The number of methoxy groups -OCH3 is 1. The first-order valence-corrected chi connectivity index (χ1v) is 12.0. The van der Waals surface area contributed by atoms with Gasteiger partial charge in [0.25, 0.3) is 0 Å². The van der Waals surface area contributed by atoms with Crippen molar-refractivity contribution in [1.82, 2.24) is 20.5 Å². The number of rotatable bonds is 6. The topological polar surface area (TPSA) is 99.8 Å². The fourth-order valence-corrected chi connectivity index (χ4v) is 5.47. The number of ether oxygens (including phenoxy) is 1. The van der Waals surface area contributed by atoms with Gasteiger partial charge in [-0.25, -0.2) is 24.0 Å². The number of hydrogen-bond donors (Lipinski definition) is 3. The molecule has 9 heteroatoms. The van der Waals surface area contributed by atoms with Crippen LogP contribution in [0.4, 0.5) is 0 Å². The predicted molar refractivity (Wildman–Crippen MR) is 117 cm³/mol. The maximum atomic E-state index is 13.1. The average molecular weight is 445 g/mol. The van der Waals surface area contributed by atoms with Gasteiger partial charge in [-0.05, 0) is 41.7 Å². The van der Waals surface area contributed by atoms with Crippen LogP contribution < -0.4 is 20.3 Å². The van der Waals surface area contributed by atoms with Gasteiger partial charge in [0.1, 0.15) is 16.7 Å². The summed E-state index contributed by atoms with van der Waals surface area (Å²) < 4.78 is 32.9. The van der Waals surface area contributed by atoms with Crippen molar-refractivity contribution in [2.45, 2.75) is 43.3 Å². The van der Waals surface area contributed by atoms with Crippen LogP contribution in [0.25, 0.3) is 0 Å². The van der Waals surface area contributed by atoms with E-state index in [1.807, 2.05) is 23.1 Å². The Morgan fingerprint density at radius 3 is 2.71 bits per heavy atom. The molecule has 2 aliphatic heterocycles. The molecule has 31 heavy (non-hydrogen) atoms. The molecule has 1 amide bonds. The Labute approximate surface area is 183 Å². The summed E-state index contributed by atoms with van der Waals surface area (Å²) in [6, 6.07) is 12.8. The maximum absolute atomic E-state index is 13.1. The fraction of sp³-hybridized carbons (Fsp3) is 0.409. The van der Waals surface area contributed by atoms with Crippen molar-refractivity contribution in [2.24, 2.45) is 0 Å². The molecule has 2 heterocycles. The molecule has 0 radical (unpaired) electrons. The fourth-order valence-electron chi connectivity index (χ4n) is 4.23. The quantitative estimate of drug-likeness (QED) is 0.624. The van der Waals surface area contributed by atoms with Gasteiger partial charge in [-0.3, -0.25) is 4.79 Å². The number of hydrogen-bond acceptors (Lipinski definition) is 6. The van der Waals surface area contributed by atoms with Crippen LogP contribution in [0.5, 0.6) is 5.75 Å². The van der Waals surface area contributed by atoms with E-state index in [1.54, 1.807) is 19.1 Å². The number of fused-ring (bicyclic) bond motifs is 1. The van der Waals surface area contributed by atoms with Gasteiger partial charge in [0.2, 0.25) is 15.9 Å². The molecule has 0 aromatic heterocycles. The number of nitrogens with one attached hydrogen (secondary N) is 3. The van der Waals surface area contributed by atoms with Crippen LogP contribution in [0.1, 0.15) is 36.1 Å². The highest BCUT2D eigenvalue weighted by atomic mass is 32.2. The number of nitrogens with zero attached hydrogens (tertiary/aromatic N) is 1. The minimum Gasteiger partial charge on any atom is -0.495 e. The number of amides is 1. The zero-order chi connectivity index (χ0) is 22.0. The third-order valence-corrected chi connectivity index (χ3v) is 7.42. The van der Waals surface area contributed by atoms with E-state index < -0.39 is 10.0 Å². The highest BCUT2D eigenvalue weighted by Crippen LogP contribution is 2.31. The second-order valence-electron chi connectivity index (χ2n) is 7.82. The molecule has 0 bridgehead atoms. The zero-order valence-electron chi connectivity index (χ0n) is 17.7. The molecule has 0 aliphatic carbocycles. The van der Waals surface area contributed by atoms with Crippen LogP contribution in [0.3, 0.4) is 0 Å². The Bertz CT molecular complexity index is 1070. The maximum Gasteiger partial charge on any atom is 0.244 e. The van der Waals surface area contributed by atoms with E-state index in [1.165, 1.54) is 18.2 Å². The first-order valence-electron chi connectivity index (χ1n) is 10.5. The molecule has 2 unspecified atom stereocenters. The molecule has 166 valence electrons. The lowest BCUT2D eigenvalue weighted by molar-refractivity contribution is -0.134. The second-order valence-corrected chi connectivity index (χ2v) is 9.56. The molecule has 8 nitrogen and oxygen atoms in total. The van der Waals surface area contributed by atoms with Crippen LogP contribution >= 0.6 is 0 Å². The molecule has 0 spiro atoms. The summed E-state index contributed by atoms with van der Waals surface area (Å²) in [6.07, 6.45) is 1.39. The van der Waals surface area contributed by atoms with Crippen molar-refractivity contribution >= 4 is 15.9 Å². The lowest BCUT2D eigenvalue weighted by atomic mass is 9.98. The van der Waals surface area contributed by atoms with Crippen LogP contribution in [0, 0.1) is 0 Å². The summed E-state index contributed by atoms with van der Waals surface area (Å²) in [5.74, 6) is 0.341. The van der Waals surface area contributed by atoms with Crippen molar-refractivity contribution in [1.29, 1.82) is 0 Å². The summed E-state index contributed by atoms with van der Waals surface area (Å²) in [5, 5.41) is 0. The summed E-state index contributed by atoms with van der Waals surface area (Å²) in [4.78, 5) is 15.1. The lowest BCUT2D eigenvalue weighted by Crippen LogP contribution is -2.47. The molecule has 3 N–H and O–H groups in total. The van der Waals surface area contributed by atoms with Gasteiger partial charge >= 0.3 is 0 Å². The third-order valence-electron chi connectivity index (χ3n) is 5.86. The molecule has 4 rings (SSSR count). The first kappa shape index (κ1) is 21.8. The third kappa shape index (κ3) is 4.45. The first-order chi connectivity index (χ1) is 14.9. The van der Waals surface area contributed by atoms with Gasteiger partial charge in [-0.1, -0.05) is 37.3 Å². The molecule has 1 fully saturated rings. The summed E-state index contributed by atoms with van der Waals surface area (Å²) in [6.45, 7) is 3.33. The Morgan fingerprint density at radius 1 is 1.19 bits per heavy atom. The highest BCUT2D eigenvalue weighted by Gasteiger charge is 2.34. The average Bonchev–Trinajstić information content (AvgIpc) is 3.28. The highest BCUT2D eigenvalue weighted by molar-refractivity contribution is 7.89. The van der Waals surface area contributed by atoms with E-state index in [0.717, 1.165) is 12.0 Å².